The van der Waals surface area contributed by atoms with E-state index in [9.17, 15) is 32.7 Å². The highest BCUT2D eigenvalue weighted by atomic mass is 19.4. The largest absolute Gasteiger partial charge is 0.496 e. The molecular formula is C42H55F3O9. The van der Waals surface area contributed by atoms with Crippen LogP contribution in [0.4, 0.5) is 13.2 Å². The third kappa shape index (κ3) is 13.2. The fourth-order valence-electron chi connectivity index (χ4n) is 6.00. The van der Waals surface area contributed by atoms with E-state index in [1.165, 1.54) is 39.3 Å². The van der Waals surface area contributed by atoms with Crippen LogP contribution in [-0.2, 0) is 40.6 Å². The molecule has 0 bridgehead atoms. The minimum atomic E-state index is -5.17. The summed E-state index contributed by atoms with van der Waals surface area (Å²) in [6, 6.07) is 11.7. The molecule has 2 aromatic rings. The van der Waals surface area contributed by atoms with Gasteiger partial charge in [0.05, 0.1) is 38.9 Å². The zero-order chi connectivity index (χ0) is 40.5. The fraction of sp³-hybridized carbons (Fsp3) is 0.500. The van der Waals surface area contributed by atoms with Gasteiger partial charge >= 0.3 is 24.1 Å². The van der Waals surface area contributed by atoms with E-state index in [-0.39, 0.29) is 19.3 Å². The quantitative estimate of drug-likeness (QED) is 0.0756. The van der Waals surface area contributed by atoms with Crippen molar-refractivity contribution < 1.29 is 56.3 Å². The maximum atomic E-state index is 14.7. The second-order valence-electron chi connectivity index (χ2n) is 13.6. The van der Waals surface area contributed by atoms with Crippen molar-refractivity contribution in [3.8, 4) is 5.75 Å². The number of rotatable bonds is 21. The molecule has 0 aliphatic rings. The summed E-state index contributed by atoms with van der Waals surface area (Å²) in [7, 11) is 4.99. The molecule has 3 atom stereocenters. The van der Waals surface area contributed by atoms with Crippen molar-refractivity contribution in [2.45, 2.75) is 109 Å². The van der Waals surface area contributed by atoms with Crippen LogP contribution in [0.3, 0.4) is 0 Å². The lowest BCUT2D eigenvalue weighted by atomic mass is 9.87. The minimum Gasteiger partial charge on any atom is -0.496 e. The Kier molecular flexibility index (Phi) is 18.2. The van der Waals surface area contributed by atoms with Crippen LogP contribution < -0.4 is 4.74 Å². The molecule has 2 rings (SSSR count). The monoisotopic (exact) mass is 760 g/mol. The van der Waals surface area contributed by atoms with Gasteiger partial charge in [0.25, 0.3) is 5.60 Å². The first-order valence-corrected chi connectivity index (χ1v) is 17.8. The second-order valence-corrected chi connectivity index (χ2v) is 13.6. The Balaban J connectivity index is 2.24. The number of hydrogen-bond acceptors (Lipinski definition) is 9. The van der Waals surface area contributed by atoms with Gasteiger partial charge in [-0.15, -0.1) is 0 Å². The summed E-state index contributed by atoms with van der Waals surface area (Å²) in [4.78, 5) is 37.2. The Morgan fingerprint density at radius 1 is 0.833 bits per heavy atom. The van der Waals surface area contributed by atoms with Crippen molar-refractivity contribution in [2.24, 2.45) is 0 Å². The summed E-state index contributed by atoms with van der Waals surface area (Å²) in [6.45, 7) is 7.15. The van der Waals surface area contributed by atoms with Crippen molar-refractivity contribution in [1.82, 2.24) is 0 Å². The van der Waals surface area contributed by atoms with E-state index >= 15 is 0 Å². The number of hydrogen-bond donors (Lipinski definition) is 1. The molecule has 0 aromatic heterocycles. The smallest absolute Gasteiger partial charge is 0.432 e. The summed E-state index contributed by atoms with van der Waals surface area (Å²) < 4.78 is 69.7. The molecule has 12 heteroatoms. The summed E-state index contributed by atoms with van der Waals surface area (Å²) in [6.07, 6.45) is 2.72. The standard InChI is InChI=1S/C42H55F3O9/c1-29(19-22-32-28-33(38(47)52-7)23-24-35(32)50-5)14-12-15-30(2)20-25-36(40(4,49)27-13-16-31(3)21-26-37(46)51-6)54-39(48)41(53-8,42(43,44)45)34-17-10-9-11-18-34/h9-11,15,17-19,21,23-24,28,36,49H,12-14,16,20,22,25-27H2,1-8H3/b29-19+,30-15+,31-21-/t36-,40+,41-/m0/s1. The van der Waals surface area contributed by atoms with Gasteiger partial charge in [0.15, 0.2) is 0 Å². The number of alkyl halides is 3. The normalized spacial score (nSPS) is 15.4. The molecule has 9 nitrogen and oxygen atoms in total. The number of ether oxygens (including phenoxy) is 5. The number of methoxy groups -OCH3 is 4. The minimum absolute atomic E-state index is 0.0514. The van der Waals surface area contributed by atoms with Gasteiger partial charge in [-0.05, 0) is 103 Å². The molecule has 0 aliphatic heterocycles. The van der Waals surface area contributed by atoms with Crippen LogP contribution in [0.5, 0.6) is 5.75 Å². The SMILES string of the molecule is COC(=O)C/C=C(/C)CCC[C@@](C)(O)[C@H](CC/C(C)=C/CC/C(C)=C/Cc1cc(C(=O)OC)ccc1OC)OC(=O)[C@@](OC)(c1ccccc1)C(F)(F)F. The van der Waals surface area contributed by atoms with Gasteiger partial charge in [-0.1, -0.05) is 65.3 Å². The van der Waals surface area contributed by atoms with Gasteiger partial charge in [0.1, 0.15) is 11.9 Å². The van der Waals surface area contributed by atoms with Crippen LogP contribution in [0.1, 0.15) is 101 Å². The molecule has 0 radical (unpaired) electrons. The van der Waals surface area contributed by atoms with Crippen molar-refractivity contribution in [1.29, 1.82) is 0 Å². The summed E-state index contributed by atoms with van der Waals surface area (Å²) in [5, 5.41) is 11.7. The molecule has 0 fully saturated rings. The maximum Gasteiger partial charge on any atom is 0.432 e. The lowest BCUT2D eigenvalue weighted by Gasteiger charge is -2.38. The Morgan fingerprint density at radius 2 is 1.48 bits per heavy atom. The van der Waals surface area contributed by atoms with Gasteiger partial charge in [-0.3, -0.25) is 4.79 Å². The van der Waals surface area contributed by atoms with E-state index < -0.39 is 47.0 Å². The predicted molar refractivity (Wildman–Crippen MR) is 200 cm³/mol. The average molecular weight is 761 g/mol. The van der Waals surface area contributed by atoms with Crippen LogP contribution in [0.25, 0.3) is 0 Å². The Hall–Kier alpha value is -4.42. The maximum absolute atomic E-state index is 14.7. The Labute approximate surface area is 317 Å². The number of halogens is 3. The number of benzene rings is 2. The highest BCUT2D eigenvalue weighted by Gasteiger charge is 2.64. The van der Waals surface area contributed by atoms with Gasteiger partial charge in [0, 0.05) is 12.7 Å². The van der Waals surface area contributed by atoms with Gasteiger partial charge in [0.2, 0.25) is 0 Å². The van der Waals surface area contributed by atoms with Gasteiger partial charge in [-0.2, -0.15) is 13.2 Å². The van der Waals surface area contributed by atoms with E-state index in [2.05, 4.69) is 10.8 Å². The van der Waals surface area contributed by atoms with Crippen molar-refractivity contribution in [2.75, 3.05) is 28.4 Å². The van der Waals surface area contributed by atoms with E-state index in [1.54, 1.807) is 31.4 Å². The zero-order valence-electron chi connectivity index (χ0n) is 32.6. The molecular weight excluding hydrogens is 705 g/mol. The van der Waals surface area contributed by atoms with E-state index in [0.717, 1.165) is 41.5 Å². The van der Waals surface area contributed by atoms with Gasteiger partial charge < -0.3 is 28.8 Å². The van der Waals surface area contributed by atoms with E-state index in [4.69, 9.17) is 18.9 Å². The summed E-state index contributed by atoms with van der Waals surface area (Å²) in [5.41, 5.74) is -1.41. The summed E-state index contributed by atoms with van der Waals surface area (Å²) in [5.74, 6) is -1.84. The highest BCUT2D eigenvalue weighted by molar-refractivity contribution is 5.89. The number of allylic oxidation sites excluding steroid dienone is 5. The molecule has 0 aliphatic carbocycles. The number of carbonyl (C=O) groups is 3. The lowest BCUT2D eigenvalue weighted by molar-refractivity contribution is -0.281. The highest BCUT2D eigenvalue weighted by Crippen LogP contribution is 2.44. The first kappa shape index (κ1) is 45.7. The first-order valence-electron chi connectivity index (χ1n) is 17.8. The Bertz CT molecular complexity index is 1630. The summed E-state index contributed by atoms with van der Waals surface area (Å²) >= 11 is 0. The van der Waals surface area contributed by atoms with Crippen LogP contribution >= 0.6 is 0 Å². The molecule has 54 heavy (non-hydrogen) atoms. The van der Waals surface area contributed by atoms with Crippen LogP contribution in [-0.4, -0.2) is 69.3 Å². The Morgan fingerprint density at radius 3 is 2.07 bits per heavy atom. The molecule has 1 N–H and O–H groups in total. The molecule has 0 saturated carbocycles. The number of aliphatic hydroxyl groups is 1. The topological polar surface area (TPSA) is 118 Å². The lowest BCUT2D eigenvalue weighted by Crippen LogP contribution is -2.54. The molecule has 0 unspecified atom stereocenters. The van der Waals surface area contributed by atoms with Crippen molar-refractivity contribution in [3.63, 3.8) is 0 Å². The number of esters is 3. The van der Waals surface area contributed by atoms with E-state index in [1.807, 2.05) is 26.8 Å². The average Bonchev–Trinajstić information content (AvgIpc) is 3.14. The molecule has 298 valence electrons. The molecule has 0 saturated heterocycles. The zero-order valence-corrected chi connectivity index (χ0v) is 32.6. The van der Waals surface area contributed by atoms with Crippen molar-refractivity contribution in [3.05, 3.63) is 100 Å². The van der Waals surface area contributed by atoms with Crippen LogP contribution in [0.15, 0.2) is 83.5 Å². The van der Waals surface area contributed by atoms with Crippen LogP contribution in [0.2, 0.25) is 0 Å². The molecule has 0 heterocycles. The third-order valence-corrected chi connectivity index (χ3v) is 9.42. The van der Waals surface area contributed by atoms with Crippen molar-refractivity contribution >= 4 is 17.9 Å². The molecule has 0 amide bonds. The fourth-order valence-corrected chi connectivity index (χ4v) is 6.00. The molecule has 0 spiro atoms. The van der Waals surface area contributed by atoms with Gasteiger partial charge in [-0.25, -0.2) is 9.59 Å². The second kappa shape index (κ2) is 21.5. The van der Waals surface area contributed by atoms with Crippen LogP contribution in [0, 0.1) is 0 Å². The van der Waals surface area contributed by atoms with E-state index in [0.29, 0.717) is 49.8 Å². The number of carbonyl (C=O) groups excluding carboxylic acids is 3. The predicted octanol–water partition coefficient (Wildman–Crippen LogP) is 8.92. The first-order chi connectivity index (χ1) is 25.4. The third-order valence-electron chi connectivity index (χ3n) is 9.42. The molecule has 2 aromatic carbocycles.